The quantitative estimate of drug-likeness (QED) is 0.416. The first-order valence-corrected chi connectivity index (χ1v) is 12.3. The average molecular weight is 519 g/mol. The van der Waals surface area contributed by atoms with Gasteiger partial charge in [0.05, 0.1) is 18.7 Å². The highest BCUT2D eigenvalue weighted by Gasteiger charge is 2.43. The molecule has 0 amide bonds. The van der Waals surface area contributed by atoms with E-state index in [1.165, 1.54) is 0 Å². The number of hydrogen-bond acceptors (Lipinski definition) is 4. The van der Waals surface area contributed by atoms with Gasteiger partial charge in [-0.1, -0.05) is 18.2 Å². The first-order valence-electron chi connectivity index (χ1n) is 12.3. The third kappa shape index (κ3) is 5.15. The van der Waals surface area contributed by atoms with Gasteiger partial charge >= 0.3 is 6.18 Å². The van der Waals surface area contributed by atoms with Gasteiger partial charge in [-0.15, -0.1) is 0 Å². The van der Waals surface area contributed by atoms with E-state index in [9.17, 15) is 13.2 Å². The van der Waals surface area contributed by atoms with Crippen molar-refractivity contribution >= 4 is 10.9 Å². The Morgan fingerprint density at radius 1 is 1.14 bits per heavy atom. The SMILES string of the molecule is CC1Cc2c([nH]c3ccccc23)C(c2c(F)cc(OCCN3CC(CC#N)C3)cc2F)N1CC(F)(F)F. The van der Waals surface area contributed by atoms with Crippen LogP contribution in [-0.2, 0) is 6.42 Å². The molecule has 0 radical (unpaired) electrons. The van der Waals surface area contributed by atoms with E-state index in [1.807, 2.05) is 12.1 Å². The second kappa shape index (κ2) is 9.95. The van der Waals surface area contributed by atoms with Gasteiger partial charge < -0.3 is 9.72 Å². The van der Waals surface area contributed by atoms with Gasteiger partial charge in [0.1, 0.15) is 24.0 Å². The zero-order chi connectivity index (χ0) is 26.3. The van der Waals surface area contributed by atoms with Crippen molar-refractivity contribution in [2.45, 2.75) is 38.0 Å². The number of benzene rings is 2. The lowest BCUT2D eigenvalue weighted by Crippen LogP contribution is -2.48. The van der Waals surface area contributed by atoms with Crippen LogP contribution in [-0.4, -0.2) is 59.8 Å². The highest BCUT2D eigenvalue weighted by Crippen LogP contribution is 2.44. The highest BCUT2D eigenvalue weighted by atomic mass is 19.4. The molecule has 1 N–H and O–H groups in total. The van der Waals surface area contributed by atoms with Gasteiger partial charge in [-0.25, -0.2) is 8.78 Å². The molecule has 1 saturated heterocycles. The van der Waals surface area contributed by atoms with Crippen molar-refractivity contribution < 1.29 is 26.7 Å². The number of nitrogens with one attached hydrogen (secondary N) is 1. The van der Waals surface area contributed by atoms with E-state index in [0.29, 0.717) is 36.5 Å². The molecular formula is C27H27F5N4O. The summed E-state index contributed by atoms with van der Waals surface area (Å²) in [6.45, 7) is 2.65. The maximum Gasteiger partial charge on any atom is 0.401 e. The molecule has 10 heteroatoms. The molecule has 37 heavy (non-hydrogen) atoms. The lowest BCUT2D eigenvalue weighted by Gasteiger charge is -2.41. The molecular weight excluding hydrogens is 491 g/mol. The molecule has 5 rings (SSSR count). The Labute approximate surface area is 211 Å². The number of hydrogen-bond donors (Lipinski definition) is 1. The number of aromatic nitrogens is 1. The minimum Gasteiger partial charge on any atom is -0.492 e. The smallest absolute Gasteiger partial charge is 0.401 e. The molecule has 2 atom stereocenters. The van der Waals surface area contributed by atoms with Crippen LogP contribution in [0.15, 0.2) is 36.4 Å². The maximum absolute atomic E-state index is 15.5. The second-order valence-electron chi connectivity index (χ2n) is 9.94. The number of nitriles is 1. The van der Waals surface area contributed by atoms with Crippen molar-refractivity contribution in [3.05, 3.63) is 64.9 Å². The summed E-state index contributed by atoms with van der Waals surface area (Å²) in [5.41, 5.74) is 1.43. The number of nitrogens with zero attached hydrogens (tertiary/aromatic N) is 3. The zero-order valence-electron chi connectivity index (χ0n) is 20.3. The molecule has 3 heterocycles. The molecule has 1 aromatic heterocycles. The summed E-state index contributed by atoms with van der Waals surface area (Å²) < 4.78 is 77.3. The minimum atomic E-state index is -4.55. The lowest BCUT2D eigenvalue weighted by atomic mass is 9.88. The number of halogens is 5. The molecule has 2 aliphatic heterocycles. The van der Waals surface area contributed by atoms with Crippen molar-refractivity contribution in [3.63, 3.8) is 0 Å². The van der Waals surface area contributed by atoms with Crippen LogP contribution in [0.2, 0.25) is 0 Å². The molecule has 3 aromatic rings. The Kier molecular flexibility index (Phi) is 6.86. The number of ether oxygens (including phenoxy) is 1. The van der Waals surface area contributed by atoms with Crippen LogP contribution in [0.5, 0.6) is 5.75 Å². The van der Waals surface area contributed by atoms with Crippen molar-refractivity contribution in [2.24, 2.45) is 5.92 Å². The van der Waals surface area contributed by atoms with Crippen LogP contribution in [0.25, 0.3) is 10.9 Å². The molecule has 2 aliphatic rings. The summed E-state index contributed by atoms with van der Waals surface area (Å²) in [5, 5.41) is 9.57. The minimum absolute atomic E-state index is 0.0176. The van der Waals surface area contributed by atoms with Gasteiger partial charge in [0.15, 0.2) is 0 Å². The van der Waals surface area contributed by atoms with E-state index in [2.05, 4.69) is 16.0 Å². The summed E-state index contributed by atoms with van der Waals surface area (Å²) in [6, 6.07) is 9.63. The Balaban J connectivity index is 1.43. The average Bonchev–Trinajstić information content (AvgIpc) is 3.16. The topological polar surface area (TPSA) is 55.3 Å². The number of rotatable bonds is 7. The summed E-state index contributed by atoms with van der Waals surface area (Å²) in [5.74, 6) is -1.59. The molecule has 0 bridgehead atoms. The van der Waals surface area contributed by atoms with Crippen LogP contribution in [0.1, 0.15) is 36.2 Å². The summed E-state index contributed by atoms with van der Waals surface area (Å²) >= 11 is 0. The molecule has 196 valence electrons. The van der Waals surface area contributed by atoms with Crippen molar-refractivity contribution in [1.82, 2.24) is 14.8 Å². The van der Waals surface area contributed by atoms with E-state index >= 15 is 8.78 Å². The number of para-hydroxylation sites is 1. The van der Waals surface area contributed by atoms with E-state index < -0.39 is 42.0 Å². The number of H-pyrrole nitrogens is 1. The number of likely N-dealkylation sites (tertiary alicyclic amines) is 1. The molecule has 0 spiro atoms. The largest absolute Gasteiger partial charge is 0.492 e. The van der Waals surface area contributed by atoms with Crippen molar-refractivity contribution in [1.29, 1.82) is 5.26 Å². The Morgan fingerprint density at radius 3 is 2.51 bits per heavy atom. The second-order valence-corrected chi connectivity index (χ2v) is 9.94. The third-order valence-corrected chi connectivity index (χ3v) is 7.29. The van der Waals surface area contributed by atoms with Gasteiger partial charge in [0.2, 0.25) is 0 Å². The van der Waals surface area contributed by atoms with E-state index in [0.717, 1.165) is 41.1 Å². The van der Waals surface area contributed by atoms with E-state index in [-0.39, 0.29) is 12.4 Å². The Bertz CT molecular complexity index is 1300. The molecule has 5 nitrogen and oxygen atoms in total. The Hall–Kier alpha value is -3.16. The highest BCUT2D eigenvalue weighted by molar-refractivity contribution is 5.85. The zero-order valence-corrected chi connectivity index (χ0v) is 20.3. The van der Waals surface area contributed by atoms with Crippen LogP contribution in [0.3, 0.4) is 0 Å². The van der Waals surface area contributed by atoms with Crippen molar-refractivity contribution in [2.75, 3.05) is 32.8 Å². The monoisotopic (exact) mass is 518 g/mol. The molecule has 0 saturated carbocycles. The lowest BCUT2D eigenvalue weighted by molar-refractivity contribution is -0.155. The first-order chi connectivity index (χ1) is 17.6. The van der Waals surface area contributed by atoms with Crippen molar-refractivity contribution in [3.8, 4) is 11.8 Å². The predicted molar refractivity (Wildman–Crippen MR) is 128 cm³/mol. The fourth-order valence-electron chi connectivity index (χ4n) is 5.59. The van der Waals surface area contributed by atoms with Gasteiger partial charge in [-0.05, 0) is 30.9 Å². The van der Waals surface area contributed by atoms with E-state index in [4.69, 9.17) is 10.00 Å². The summed E-state index contributed by atoms with van der Waals surface area (Å²) in [4.78, 5) is 6.34. The first kappa shape index (κ1) is 25.5. The van der Waals surface area contributed by atoms with Crippen LogP contribution >= 0.6 is 0 Å². The number of fused-ring (bicyclic) bond motifs is 3. The van der Waals surface area contributed by atoms with Gasteiger partial charge in [-0.3, -0.25) is 9.80 Å². The van der Waals surface area contributed by atoms with Crippen LogP contribution in [0, 0.1) is 28.9 Å². The van der Waals surface area contributed by atoms with Gasteiger partial charge in [0.25, 0.3) is 0 Å². The summed E-state index contributed by atoms with van der Waals surface area (Å²) in [6.07, 6.45) is -3.73. The number of aromatic amines is 1. The predicted octanol–water partition coefficient (Wildman–Crippen LogP) is 5.57. The molecule has 2 unspecified atom stereocenters. The molecule has 2 aromatic carbocycles. The van der Waals surface area contributed by atoms with Crippen LogP contribution in [0.4, 0.5) is 22.0 Å². The Morgan fingerprint density at radius 2 is 1.84 bits per heavy atom. The fourth-order valence-corrected chi connectivity index (χ4v) is 5.59. The van der Waals surface area contributed by atoms with Gasteiger partial charge in [-0.2, -0.15) is 18.4 Å². The van der Waals surface area contributed by atoms with E-state index in [1.54, 1.807) is 19.1 Å². The maximum atomic E-state index is 15.5. The fraction of sp³-hybridized carbons (Fsp3) is 0.444. The molecule has 0 aliphatic carbocycles. The summed E-state index contributed by atoms with van der Waals surface area (Å²) in [7, 11) is 0. The van der Waals surface area contributed by atoms with Gasteiger partial charge in [0, 0.05) is 66.4 Å². The molecule has 1 fully saturated rings. The standard InChI is InChI=1S/C27H27F5N4O/c1-16-10-20-19-4-2-3-5-23(19)34-25(20)26(36(16)15-27(30,31)32)24-21(28)11-18(12-22(24)29)37-9-8-35-13-17(14-35)6-7-33/h2-5,11-12,16-17,26,34H,6,8-10,13-15H2,1H3. The van der Waals surface area contributed by atoms with Crippen LogP contribution < -0.4 is 4.74 Å². The third-order valence-electron chi connectivity index (χ3n) is 7.29. The number of alkyl halides is 3. The normalized spacial score (nSPS) is 21.0.